The number of rotatable bonds is 7. The van der Waals surface area contributed by atoms with Crippen LogP contribution in [0.2, 0.25) is 10.0 Å². The second kappa shape index (κ2) is 10.9. The number of para-hydroxylation sites is 1. The molecule has 0 saturated carbocycles. The molecule has 2 aromatic carbocycles. The van der Waals surface area contributed by atoms with Gasteiger partial charge in [-0.3, -0.25) is 9.69 Å². The molecule has 1 amide bonds. The Labute approximate surface area is 213 Å². The Balaban J connectivity index is 1.35. The van der Waals surface area contributed by atoms with Gasteiger partial charge in [0.15, 0.2) is 0 Å². The number of likely N-dealkylation sites (N-methyl/N-ethyl adjacent to an activating group) is 1. The van der Waals surface area contributed by atoms with E-state index in [1.807, 2.05) is 18.2 Å². The molecule has 7 heteroatoms. The molecule has 2 aliphatic rings. The van der Waals surface area contributed by atoms with Gasteiger partial charge in [-0.2, -0.15) is 0 Å². The van der Waals surface area contributed by atoms with Gasteiger partial charge in [-0.05, 0) is 74.2 Å². The highest BCUT2D eigenvalue weighted by Crippen LogP contribution is 2.40. The molecule has 184 valence electrons. The third kappa shape index (κ3) is 5.38. The van der Waals surface area contributed by atoms with E-state index in [2.05, 4.69) is 35.8 Å². The molecule has 0 radical (unpaired) electrons. The van der Waals surface area contributed by atoms with Crippen LogP contribution in [0.15, 0.2) is 30.3 Å². The van der Waals surface area contributed by atoms with E-state index in [0.717, 1.165) is 51.3 Å². The first kappa shape index (κ1) is 25.3. The molecular formula is C27H35Cl2N3O2. The first-order valence-electron chi connectivity index (χ1n) is 12.2. The summed E-state index contributed by atoms with van der Waals surface area (Å²) in [5.41, 5.74) is 6.40. The molecule has 0 bridgehead atoms. The summed E-state index contributed by atoms with van der Waals surface area (Å²) in [6.07, 6.45) is 1.76. The van der Waals surface area contributed by atoms with Crippen molar-refractivity contribution in [3.63, 3.8) is 0 Å². The largest absolute Gasteiger partial charge is 0.395 e. The van der Waals surface area contributed by atoms with Crippen LogP contribution < -0.4 is 4.90 Å². The van der Waals surface area contributed by atoms with Crippen molar-refractivity contribution < 1.29 is 9.90 Å². The lowest BCUT2D eigenvalue weighted by molar-refractivity contribution is -0.136. The quantitative estimate of drug-likeness (QED) is 0.584. The van der Waals surface area contributed by atoms with Crippen LogP contribution in [0, 0.1) is 19.8 Å². The van der Waals surface area contributed by atoms with Gasteiger partial charge in [0.05, 0.1) is 22.3 Å². The van der Waals surface area contributed by atoms with Gasteiger partial charge in [0, 0.05) is 45.1 Å². The Morgan fingerprint density at radius 2 is 1.68 bits per heavy atom. The van der Waals surface area contributed by atoms with Gasteiger partial charge >= 0.3 is 0 Å². The van der Waals surface area contributed by atoms with Crippen molar-refractivity contribution in [2.75, 3.05) is 51.3 Å². The van der Waals surface area contributed by atoms with Crippen LogP contribution in [0.1, 0.15) is 41.0 Å². The molecule has 0 aromatic heterocycles. The Kier molecular flexibility index (Phi) is 8.08. The Morgan fingerprint density at radius 3 is 2.24 bits per heavy atom. The molecule has 0 spiro atoms. The number of carbonyl (C=O) groups excluding carboxylic acids is 1. The van der Waals surface area contributed by atoms with E-state index in [1.54, 1.807) is 11.9 Å². The van der Waals surface area contributed by atoms with E-state index in [-0.39, 0.29) is 18.4 Å². The van der Waals surface area contributed by atoms with Crippen LogP contribution in [0.25, 0.3) is 0 Å². The molecule has 2 heterocycles. The van der Waals surface area contributed by atoms with E-state index < -0.39 is 0 Å². The third-order valence-electron chi connectivity index (χ3n) is 7.46. The molecule has 5 nitrogen and oxygen atoms in total. The fourth-order valence-corrected chi connectivity index (χ4v) is 5.95. The first-order chi connectivity index (χ1) is 16.3. The molecule has 4 rings (SSSR count). The number of amides is 1. The van der Waals surface area contributed by atoms with Crippen molar-refractivity contribution in [2.45, 2.75) is 39.2 Å². The second-order valence-electron chi connectivity index (χ2n) is 9.84. The fourth-order valence-electron chi connectivity index (χ4n) is 5.31. The highest BCUT2D eigenvalue weighted by molar-refractivity contribution is 6.39. The molecule has 2 aliphatic heterocycles. The van der Waals surface area contributed by atoms with Crippen LogP contribution >= 0.6 is 23.2 Å². The maximum atomic E-state index is 12.5. The topological polar surface area (TPSA) is 47.0 Å². The number of halogens is 2. The number of likely N-dealkylation sites (tertiary alicyclic amines) is 1. The first-order valence-corrected chi connectivity index (χ1v) is 12.9. The third-order valence-corrected chi connectivity index (χ3v) is 8.07. The highest BCUT2D eigenvalue weighted by atomic mass is 35.5. The predicted molar refractivity (Wildman–Crippen MR) is 140 cm³/mol. The van der Waals surface area contributed by atoms with Crippen molar-refractivity contribution >= 4 is 34.8 Å². The molecule has 0 atom stereocenters. The lowest BCUT2D eigenvalue weighted by Gasteiger charge is -2.42. The summed E-state index contributed by atoms with van der Waals surface area (Å²) in [5, 5.41) is 10.5. The summed E-state index contributed by atoms with van der Waals surface area (Å²) >= 11 is 12.8. The van der Waals surface area contributed by atoms with Crippen molar-refractivity contribution in [3.8, 4) is 0 Å². The number of aliphatic hydroxyl groups excluding tert-OH is 1. The minimum absolute atomic E-state index is 0.0161. The maximum Gasteiger partial charge on any atom is 0.225 e. The number of hydrogen-bond acceptors (Lipinski definition) is 4. The van der Waals surface area contributed by atoms with Gasteiger partial charge in [0.1, 0.15) is 0 Å². The molecule has 0 aliphatic carbocycles. The molecule has 0 unspecified atom stereocenters. The average Bonchev–Trinajstić information content (AvgIpc) is 2.77. The zero-order chi connectivity index (χ0) is 24.4. The van der Waals surface area contributed by atoms with Crippen LogP contribution in [-0.2, 0) is 11.3 Å². The molecule has 2 aromatic rings. The van der Waals surface area contributed by atoms with Crippen LogP contribution in [0.5, 0.6) is 0 Å². The lowest BCUT2D eigenvalue weighted by atomic mass is 9.86. The highest BCUT2D eigenvalue weighted by Gasteiger charge is 2.32. The van der Waals surface area contributed by atoms with E-state index in [4.69, 9.17) is 28.3 Å². The Hall–Kier alpha value is -1.79. The molecule has 34 heavy (non-hydrogen) atoms. The van der Waals surface area contributed by atoms with Crippen molar-refractivity contribution in [1.29, 1.82) is 0 Å². The van der Waals surface area contributed by atoms with Gasteiger partial charge in [0.25, 0.3) is 0 Å². The number of piperidine rings is 1. The zero-order valence-electron chi connectivity index (χ0n) is 20.4. The summed E-state index contributed by atoms with van der Waals surface area (Å²) < 4.78 is 0. The molecule has 2 saturated heterocycles. The van der Waals surface area contributed by atoms with Gasteiger partial charge in [-0.15, -0.1) is 0 Å². The number of aliphatic hydroxyl groups is 1. The number of aryl methyl sites for hydroxylation is 2. The lowest BCUT2D eigenvalue weighted by Crippen LogP contribution is -2.45. The van der Waals surface area contributed by atoms with Crippen molar-refractivity contribution in [3.05, 3.63) is 62.6 Å². The number of hydrogen-bond donors (Lipinski definition) is 1. The van der Waals surface area contributed by atoms with E-state index >= 15 is 0 Å². The number of carbonyl (C=O) groups is 1. The summed E-state index contributed by atoms with van der Waals surface area (Å²) in [6.45, 7) is 9.50. The second-order valence-corrected chi connectivity index (χ2v) is 10.7. The zero-order valence-corrected chi connectivity index (χ0v) is 21.9. The predicted octanol–water partition coefficient (Wildman–Crippen LogP) is 4.88. The van der Waals surface area contributed by atoms with E-state index in [0.29, 0.717) is 22.5 Å². The minimum Gasteiger partial charge on any atom is -0.395 e. The van der Waals surface area contributed by atoms with Gasteiger partial charge in [0.2, 0.25) is 5.91 Å². The number of benzene rings is 2. The Morgan fingerprint density at radius 1 is 1.09 bits per heavy atom. The van der Waals surface area contributed by atoms with E-state index in [9.17, 15) is 4.79 Å². The Bertz CT molecular complexity index is 987. The van der Waals surface area contributed by atoms with Crippen LogP contribution in [0.4, 0.5) is 5.69 Å². The number of nitrogens with zero attached hydrogens (tertiary/aromatic N) is 3. The molecule has 2 fully saturated rings. The molecule has 1 N–H and O–H groups in total. The van der Waals surface area contributed by atoms with Gasteiger partial charge in [-0.1, -0.05) is 41.4 Å². The average molecular weight is 505 g/mol. The van der Waals surface area contributed by atoms with Crippen LogP contribution in [-0.4, -0.2) is 67.2 Å². The SMILES string of the molecule is Cc1cc(C2CN(c3c(Cl)cccc3Cl)C2)cc(C)c1CN1CCC(C(=O)N(C)CCO)CC1. The van der Waals surface area contributed by atoms with Gasteiger partial charge < -0.3 is 14.9 Å². The summed E-state index contributed by atoms with van der Waals surface area (Å²) in [6, 6.07) is 10.4. The smallest absolute Gasteiger partial charge is 0.225 e. The minimum atomic E-state index is 0.0161. The normalized spacial score (nSPS) is 17.6. The summed E-state index contributed by atoms with van der Waals surface area (Å²) in [5.74, 6) is 0.722. The van der Waals surface area contributed by atoms with Gasteiger partial charge in [-0.25, -0.2) is 0 Å². The number of anilines is 1. The fraction of sp³-hybridized carbons (Fsp3) is 0.519. The van der Waals surface area contributed by atoms with Crippen molar-refractivity contribution in [1.82, 2.24) is 9.80 Å². The van der Waals surface area contributed by atoms with Crippen LogP contribution in [0.3, 0.4) is 0 Å². The maximum absolute atomic E-state index is 12.5. The standard InChI is InChI=1S/C27H35Cl2N3O2/c1-18-13-21(22-15-32(16-22)26-24(28)5-4-6-25(26)29)14-19(2)23(18)17-31-9-7-20(8-10-31)27(34)30(3)11-12-33/h4-6,13-14,20,22,33H,7-12,15-17H2,1-3H3. The summed E-state index contributed by atoms with van der Waals surface area (Å²) in [4.78, 5) is 18.9. The summed E-state index contributed by atoms with van der Waals surface area (Å²) in [7, 11) is 1.78. The van der Waals surface area contributed by atoms with Crippen molar-refractivity contribution in [2.24, 2.45) is 5.92 Å². The molecular weight excluding hydrogens is 469 g/mol. The monoisotopic (exact) mass is 503 g/mol. The van der Waals surface area contributed by atoms with E-state index in [1.165, 1.54) is 22.3 Å².